The molecular weight excluding hydrogens is 416 g/mol. The number of carboxylic acids is 2. The molecule has 2 N–H and O–H groups in total. The molecule has 4 rings (SSSR count). The van der Waals surface area contributed by atoms with Crippen LogP contribution in [0.4, 0.5) is 0 Å². The van der Waals surface area contributed by atoms with Crippen LogP contribution in [0.25, 0.3) is 0 Å². The van der Waals surface area contributed by atoms with Gasteiger partial charge in [0.2, 0.25) is 0 Å². The highest BCUT2D eigenvalue weighted by Gasteiger charge is 2.17. The first-order valence-corrected chi connectivity index (χ1v) is 11.7. The minimum atomic E-state index is -1.26. The standard InChI is InChI=1S/C23H30N2.C4H4O4/c1-3-7-20(8-4-1)18-24-13-15-25(16-14-24)19-21-11-12-22-9-5-2-6-10-23(22)17-21;5-3(6)1-2-4(7)8/h1,3-4,7-8,11-12,17H,2,5-6,9-10,13-16,18-19H2;1-2H,(H,5,6)(H,7,8)/b;2-1-. The zero-order valence-electron chi connectivity index (χ0n) is 19.2. The van der Waals surface area contributed by atoms with Gasteiger partial charge in [0.25, 0.3) is 0 Å². The van der Waals surface area contributed by atoms with Gasteiger partial charge in [0.1, 0.15) is 0 Å². The SMILES string of the molecule is O=C(O)/C=C\C(=O)O.c1ccc(CN2CCN(Cc3ccc4c(c3)CCCCC4)CC2)cc1. The molecule has 0 unspecified atom stereocenters. The number of carbonyl (C=O) groups is 2. The molecule has 2 aromatic rings. The summed E-state index contributed by atoms with van der Waals surface area (Å²) in [4.78, 5) is 24.3. The van der Waals surface area contributed by atoms with E-state index in [9.17, 15) is 9.59 Å². The Morgan fingerprint density at radius 3 is 1.82 bits per heavy atom. The highest BCUT2D eigenvalue weighted by atomic mass is 16.4. The third-order valence-electron chi connectivity index (χ3n) is 6.15. The molecular formula is C27H34N2O4. The number of fused-ring (bicyclic) bond motifs is 1. The zero-order chi connectivity index (χ0) is 23.5. The third-order valence-corrected chi connectivity index (χ3v) is 6.15. The molecule has 1 saturated heterocycles. The van der Waals surface area contributed by atoms with Gasteiger partial charge in [-0.2, -0.15) is 0 Å². The molecule has 0 saturated carbocycles. The van der Waals surface area contributed by atoms with Crippen LogP contribution in [0.5, 0.6) is 0 Å². The highest BCUT2D eigenvalue weighted by molar-refractivity contribution is 5.89. The second-order valence-electron chi connectivity index (χ2n) is 8.71. The summed E-state index contributed by atoms with van der Waals surface area (Å²) in [5.74, 6) is -2.51. The fourth-order valence-electron chi connectivity index (χ4n) is 4.41. The van der Waals surface area contributed by atoms with Gasteiger partial charge in [-0.05, 0) is 47.9 Å². The van der Waals surface area contributed by atoms with E-state index in [2.05, 4.69) is 58.3 Å². The first kappa shape index (κ1) is 24.7. The van der Waals surface area contributed by atoms with Crippen LogP contribution in [0.1, 0.15) is 41.5 Å². The average molecular weight is 451 g/mol. The van der Waals surface area contributed by atoms with Crippen molar-refractivity contribution >= 4 is 11.9 Å². The van der Waals surface area contributed by atoms with Gasteiger partial charge in [-0.1, -0.05) is 55.0 Å². The van der Waals surface area contributed by atoms with Crippen molar-refractivity contribution in [1.82, 2.24) is 9.80 Å². The summed E-state index contributed by atoms with van der Waals surface area (Å²) < 4.78 is 0. The molecule has 0 aromatic heterocycles. The Morgan fingerprint density at radius 2 is 1.24 bits per heavy atom. The van der Waals surface area contributed by atoms with E-state index in [1.54, 1.807) is 11.1 Å². The van der Waals surface area contributed by atoms with Crippen LogP contribution in [-0.4, -0.2) is 58.1 Å². The first-order valence-electron chi connectivity index (χ1n) is 11.7. The van der Waals surface area contributed by atoms with Crippen LogP contribution in [-0.2, 0) is 35.5 Å². The first-order chi connectivity index (χ1) is 16.0. The van der Waals surface area contributed by atoms with Gasteiger partial charge in [-0.25, -0.2) is 9.59 Å². The van der Waals surface area contributed by atoms with Crippen molar-refractivity contribution in [2.45, 2.75) is 45.2 Å². The Hall–Kier alpha value is -2.96. The normalized spacial score (nSPS) is 17.0. The predicted octanol–water partition coefficient (Wildman–Crippen LogP) is 3.99. The number of nitrogens with zero attached hydrogens (tertiary/aromatic N) is 2. The second-order valence-corrected chi connectivity index (χ2v) is 8.71. The van der Waals surface area contributed by atoms with Crippen LogP contribution in [0.2, 0.25) is 0 Å². The molecule has 2 aromatic carbocycles. The van der Waals surface area contributed by atoms with E-state index in [1.165, 1.54) is 69.4 Å². The van der Waals surface area contributed by atoms with Crippen LogP contribution < -0.4 is 0 Å². The molecule has 6 heteroatoms. The maximum absolute atomic E-state index is 9.55. The van der Waals surface area contributed by atoms with E-state index in [4.69, 9.17) is 10.2 Å². The molecule has 0 amide bonds. The molecule has 1 aliphatic heterocycles. The molecule has 0 bridgehead atoms. The predicted molar refractivity (Wildman–Crippen MR) is 129 cm³/mol. The number of rotatable bonds is 6. The molecule has 0 spiro atoms. The Kier molecular flexibility index (Phi) is 9.66. The Bertz CT molecular complexity index is 918. The van der Waals surface area contributed by atoms with E-state index in [-0.39, 0.29) is 0 Å². The Labute approximate surface area is 196 Å². The van der Waals surface area contributed by atoms with Crippen LogP contribution >= 0.6 is 0 Å². The van der Waals surface area contributed by atoms with Crippen molar-refractivity contribution in [2.75, 3.05) is 26.2 Å². The van der Waals surface area contributed by atoms with Gasteiger partial charge in [-0.15, -0.1) is 0 Å². The molecule has 0 atom stereocenters. The van der Waals surface area contributed by atoms with Gasteiger partial charge < -0.3 is 10.2 Å². The van der Waals surface area contributed by atoms with Gasteiger partial charge in [0, 0.05) is 51.4 Å². The van der Waals surface area contributed by atoms with Gasteiger partial charge in [-0.3, -0.25) is 9.80 Å². The van der Waals surface area contributed by atoms with E-state index < -0.39 is 11.9 Å². The largest absolute Gasteiger partial charge is 0.478 e. The van der Waals surface area contributed by atoms with Gasteiger partial charge in [0.15, 0.2) is 0 Å². The highest BCUT2D eigenvalue weighted by Crippen LogP contribution is 2.22. The van der Waals surface area contributed by atoms with Gasteiger partial charge in [0.05, 0.1) is 0 Å². The monoisotopic (exact) mass is 450 g/mol. The number of aliphatic carboxylic acids is 2. The van der Waals surface area contributed by atoms with E-state index >= 15 is 0 Å². The van der Waals surface area contributed by atoms with Crippen molar-refractivity contribution in [3.05, 3.63) is 82.9 Å². The molecule has 1 fully saturated rings. The topological polar surface area (TPSA) is 81.1 Å². The van der Waals surface area contributed by atoms with Crippen molar-refractivity contribution in [1.29, 1.82) is 0 Å². The minimum absolute atomic E-state index is 0.558. The molecule has 176 valence electrons. The summed E-state index contributed by atoms with van der Waals surface area (Å²) in [5.41, 5.74) is 6.17. The smallest absolute Gasteiger partial charge is 0.328 e. The maximum Gasteiger partial charge on any atom is 0.328 e. The van der Waals surface area contributed by atoms with E-state index in [0.29, 0.717) is 12.2 Å². The van der Waals surface area contributed by atoms with Crippen LogP contribution in [0, 0.1) is 0 Å². The van der Waals surface area contributed by atoms with Crippen molar-refractivity contribution in [3.63, 3.8) is 0 Å². The summed E-state index contributed by atoms with van der Waals surface area (Å²) in [7, 11) is 0. The summed E-state index contributed by atoms with van der Waals surface area (Å²) in [6.07, 6.45) is 7.82. The minimum Gasteiger partial charge on any atom is -0.478 e. The fraction of sp³-hybridized carbons (Fsp3) is 0.407. The lowest BCUT2D eigenvalue weighted by Gasteiger charge is -2.34. The summed E-state index contributed by atoms with van der Waals surface area (Å²) >= 11 is 0. The third kappa shape index (κ3) is 8.83. The molecule has 6 nitrogen and oxygen atoms in total. The lowest BCUT2D eigenvalue weighted by molar-refractivity contribution is -0.134. The number of benzene rings is 2. The summed E-state index contributed by atoms with van der Waals surface area (Å²) in [5, 5.41) is 15.6. The Morgan fingerprint density at radius 1 is 0.697 bits per heavy atom. The van der Waals surface area contributed by atoms with E-state index in [1.807, 2.05) is 0 Å². The van der Waals surface area contributed by atoms with Crippen molar-refractivity contribution in [3.8, 4) is 0 Å². The lowest BCUT2D eigenvalue weighted by atomic mass is 10.00. The molecule has 1 heterocycles. The quantitative estimate of drug-likeness (QED) is 0.512. The number of hydrogen-bond donors (Lipinski definition) is 2. The second kappa shape index (κ2) is 12.9. The molecule has 33 heavy (non-hydrogen) atoms. The molecule has 2 aliphatic rings. The number of piperazine rings is 1. The summed E-state index contributed by atoms with van der Waals surface area (Å²) in [6, 6.07) is 18.1. The lowest BCUT2D eigenvalue weighted by Crippen LogP contribution is -2.45. The number of aryl methyl sites for hydroxylation is 2. The number of carboxylic acid groups (broad SMARTS) is 2. The maximum atomic E-state index is 9.55. The van der Waals surface area contributed by atoms with Crippen LogP contribution in [0.15, 0.2) is 60.7 Å². The molecule has 0 radical (unpaired) electrons. The Balaban J connectivity index is 0.000000331. The summed E-state index contributed by atoms with van der Waals surface area (Å²) in [6.45, 7) is 6.94. The van der Waals surface area contributed by atoms with Crippen molar-refractivity contribution in [2.24, 2.45) is 0 Å². The van der Waals surface area contributed by atoms with E-state index in [0.717, 1.165) is 13.1 Å². The van der Waals surface area contributed by atoms with Crippen molar-refractivity contribution < 1.29 is 19.8 Å². The average Bonchev–Trinajstić information content (AvgIpc) is 3.05. The van der Waals surface area contributed by atoms with Gasteiger partial charge >= 0.3 is 11.9 Å². The fourth-order valence-corrected chi connectivity index (χ4v) is 4.41. The number of hydrogen-bond acceptors (Lipinski definition) is 4. The van der Waals surface area contributed by atoms with Crippen LogP contribution in [0.3, 0.4) is 0 Å². The molecule has 1 aliphatic carbocycles. The zero-order valence-corrected chi connectivity index (χ0v) is 19.2.